The van der Waals surface area contributed by atoms with Gasteiger partial charge in [-0.15, -0.1) is 0 Å². The van der Waals surface area contributed by atoms with Gasteiger partial charge in [0.25, 0.3) is 0 Å². The predicted octanol–water partition coefficient (Wildman–Crippen LogP) is 2.78. The summed E-state index contributed by atoms with van der Waals surface area (Å²) >= 11 is 0. The summed E-state index contributed by atoms with van der Waals surface area (Å²) < 4.78 is 0. The minimum Gasteiger partial charge on any atom is -0.394 e. The Hall–Kier alpha value is -0.120. The summed E-state index contributed by atoms with van der Waals surface area (Å²) in [5, 5.41) is 13.1. The van der Waals surface area contributed by atoms with Crippen LogP contribution in [0.3, 0.4) is 0 Å². The van der Waals surface area contributed by atoms with Crippen molar-refractivity contribution in [3.05, 3.63) is 0 Å². The number of rotatable bonds is 9. The van der Waals surface area contributed by atoms with Gasteiger partial charge in [0.15, 0.2) is 0 Å². The van der Waals surface area contributed by atoms with E-state index in [1.54, 1.807) is 0 Å². The van der Waals surface area contributed by atoms with Crippen LogP contribution in [0.25, 0.3) is 0 Å². The van der Waals surface area contributed by atoms with Gasteiger partial charge in [-0.3, -0.25) is 4.90 Å². The highest BCUT2D eigenvalue weighted by Crippen LogP contribution is 2.26. The first-order chi connectivity index (χ1) is 9.06. The Kier molecular flexibility index (Phi) is 7.33. The van der Waals surface area contributed by atoms with Crippen LogP contribution in [0.4, 0.5) is 0 Å². The van der Waals surface area contributed by atoms with Crippen LogP contribution in [0.1, 0.15) is 66.2 Å². The highest BCUT2D eigenvalue weighted by molar-refractivity contribution is 4.86. The predicted molar refractivity (Wildman–Crippen MR) is 82.5 cm³/mol. The molecule has 1 heterocycles. The second-order valence-electron chi connectivity index (χ2n) is 6.48. The standard InChI is InChI=1S/C16H34N2O/c1-5-11-17-16(4,13-19)10-7-12-18-14(3)8-9-15(18)6-2/h14-15,17,19H,5-13H2,1-4H3. The average Bonchev–Trinajstić information content (AvgIpc) is 2.77. The minimum absolute atomic E-state index is 0.0965. The number of aliphatic hydroxyl groups excluding tert-OH is 1. The van der Waals surface area contributed by atoms with E-state index >= 15 is 0 Å². The SMILES string of the molecule is CCCNC(C)(CO)CCCN1C(C)CCC1CC. The average molecular weight is 270 g/mol. The first kappa shape index (κ1) is 16.9. The van der Waals surface area contributed by atoms with Crippen molar-refractivity contribution in [3.63, 3.8) is 0 Å². The number of hydrogen-bond donors (Lipinski definition) is 2. The van der Waals surface area contributed by atoms with E-state index in [4.69, 9.17) is 0 Å². The fourth-order valence-corrected chi connectivity index (χ4v) is 3.27. The van der Waals surface area contributed by atoms with Gasteiger partial charge < -0.3 is 10.4 Å². The van der Waals surface area contributed by atoms with Gasteiger partial charge in [0, 0.05) is 17.6 Å². The molecule has 0 saturated carbocycles. The zero-order valence-corrected chi connectivity index (χ0v) is 13.4. The maximum absolute atomic E-state index is 9.58. The van der Waals surface area contributed by atoms with Gasteiger partial charge in [-0.05, 0) is 65.5 Å². The van der Waals surface area contributed by atoms with Crippen LogP contribution in [0, 0.1) is 0 Å². The van der Waals surface area contributed by atoms with Crippen molar-refractivity contribution in [3.8, 4) is 0 Å². The highest BCUT2D eigenvalue weighted by atomic mass is 16.3. The van der Waals surface area contributed by atoms with Crippen LogP contribution in [0.2, 0.25) is 0 Å². The number of aliphatic hydroxyl groups is 1. The molecule has 3 atom stereocenters. The van der Waals surface area contributed by atoms with Gasteiger partial charge in [0.05, 0.1) is 6.61 Å². The van der Waals surface area contributed by atoms with Crippen LogP contribution in [-0.4, -0.2) is 47.3 Å². The molecule has 3 unspecified atom stereocenters. The number of nitrogens with one attached hydrogen (secondary N) is 1. The first-order valence-electron chi connectivity index (χ1n) is 8.18. The van der Waals surface area contributed by atoms with Crippen molar-refractivity contribution in [2.45, 2.75) is 83.8 Å². The molecular formula is C16H34N2O. The van der Waals surface area contributed by atoms with E-state index in [0.29, 0.717) is 0 Å². The molecule has 2 N–H and O–H groups in total. The van der Waals surface area contributed by atoms with E-state index < -0.39 is 0 Å². The Labute approximate surface area is 119 Å². The normalized spacial score (nSPS) is 27.6. The molecule has 0 aromatic rings. The highest BCUT2D eigenvalue weighted by Gasteiger charge is 2.29. The molecule has 3 nitrogen and oxygen atoms in total. The molecule has 0 amide bonds. The lowest BCUT2D eigenvalue weighted by Crippen LogP contribution is -2.46. The molecule has 1 fully saturated rings. The lowest BCUT2D eigenvalue weighted by Gasteiger charge is -2.32. The fourth-order valence-electron chi connectivity index (χ4n) is 3.27. The number of hydrogen-bond acceptors (Lipinski definition) is 3. The smallest absolute Gasteiger partial charge is 0.0610 e. The van der Waals surface area contributed by atoms with Crippen LogP contribution >= 0.6 is 0 Å². The maximum Gasteiger partial charge on any atom is 0.0610 e. The zero-order valence-electron chi connectivity index (χ0n) is 13.4. The number of nitrogens with zero attached hydrogens (tertiary/aromatic N) is 1. The molecule has 0 radical (unpaired) electrons. The molecule has 1 saturated heterocycles. The largest absolute Gasteiger partial charge is 0.394 e. The van der Waals surface area contributed by atoms with Crippen LogP contribution in [0.5, 0.6) is 0 Å². The second kappa shape index (κ2) is 8.23. The molecule has 0 aromatic heterocycles. The van der Waals surface area contributed by atoms with Crippen molar-refractivity contribution in [2.75, 3.05) is 19.7 Å². The van der Waals surface area contributed by atoms with Crippen LogP contribution in [0.15, 0.2) is 0 Å². The Morgan fingerprint density at radius 1 is 1.32 bits per heavy atom. The van der Waals surface area contributed by atoms with Crippen LogP contribution < -0.4 is 5.32 Å². The Morgan fingerprint density at radius 3 is 2.63 bits per heavy atom. The van der Waals surface area contributed by atoms with Gasteiger partial charge in [-0.1, -0.05) is 13.8 Å². The molecule has 1 aliphatic rings. The van der Waals surface area contributed by atoms with Gasteiger partial charge in [0.1, 0.15) is 0 Å². The van der Waals surface area contributed by atoms with Crippen LogP contribution in [-0.2, 0) is 0 Å². The van der Waals surface area contributed by atoms with Gasteiger partial charge in [-0.25, -0.2) is 0 Å². The van der Waals surface area contributed by atoms with Gasteiger partial charge in [0.2, 0.25) is 0 Å². The minimum atomic E-state index is -0.0965. The first-order valence-corrected chi connectivity index (χ1v) is 8.18. The molecule has 114 valence electrons. The van der Waals surface area contributed by atoms with E-state index in [9.17, 15) is 5.11 Å². The third kappa shape index (κ3) is 5.05. The van der Waals surface area contributed by atoms with Crippen molar-refractivity contribution in [2.24, 2.45) is 0 Å². The second-order valence-corrected chi connectivity index (χ2v) is 6.48. The summed E-state index contributed by atoms with van der Waals surface area (Å²) in [7, 11) is 0. The topological polar surface area (TPSA) is 35.5 Å². The van der Waals surface area contributed by atoms with E-state index in [-0.39, 0.29) is 12.1 Å². The van der Waals surface area contributed by atoms with Crippen molar-refractivity contribution < 1.29 is 5.11 Å². The summed E-state index contributed by atoms with van der Waals surface area (Å²) in [6.45, 7) is 11.4. The monoisotopic (exact) mass is 270 g/mol. The summed E-state index contributed by atoms with van der Waals surface area (Å²) in [5.74, 6) is 0. The number of likely N-dealkylation sites (tertiary alicyclic amines) is 1. The summed E-state index contributed by atoms with van der Waals surface area (Å²) in [6.07, 6.45) is 7.34. The lowest BCUT2D eigenvalue weighted by molar-refractivity contribution is 0.146. The fraction of sp³-hybridized carbons (Fsp3) is 1.00. The molecule has 0 aromatic carbocycles. The molecule has 1 rings (SSSR count). The molecule has 0 spiro atoms. The molecule has 3 heteroatoms. The van der Waals surface area contributed by atoms with E-state index in [0.717, 1.165) is 31.5 Å². The Balaban J connectivity index is 2.35. The molecule has 0 aliphatic carbocycles. The zero-order chi connectivity index (χ0) is 14.3. The Bertz CT molecular complexity index is 247. The van der Waals surface area contributed by atoms with Crippen molar-refractivity contribution in [1.29, 1.82) is 0 Å². The van der Waals surface area contributed by atoms with E-state index in [2.05, 4.69) is 37.9 Å². The van der Waals surface area contributed by atoms with E-state index in [1.165, 1.54) is 32.2 Å². The Morgan fingerprint density at radius 2 is 2.05 bits per heavy atom. The maximum atomic E-state index is 9.58. The molecule has 1 aliphatic heterocycles. The van der Waals surface area contributed by atoms with Gasteiger partial charge >= 0.3 is 0 Å². The van der Waals surface area contributed by atoms with Crippen molar-refractivity contribution >= 4 is 0 Å². The third-order valence-corrected chi connectivity index (χ3v) is 4.72. The third-order valence-electron chi connectivity index (χ3n) is 4.72. The quantitative estimate of drug-likeness (QED) is 0.676. The molecular weight excluding hydrogens is 236 g/mol. The molecule has 19 heavy (non-hydrogen) atoms. The van der Waals surface area contributed by atoms with Crippen molar-refractivity contribution in [1.82, 2.24) is 10.2 Å². The molecule has 0 bridgehead atoms. The van der Waals surface area contributed by atoms with Gasteiger partial charge in [-0.2, -0.15) is 0 Å². The summed E-state index contributed by atoms with van der Waals surface area (Å²) in [4.78, 5) is 2.68. The lowest BCUT2D eigenvalue weighted by atomic mass is 9.96. The summed E-state index contributed by atoms with van der Waals surface area (Å²) in [5.41, 5.74) is -0.0965. The van der Waals surface area contributed by atoms with E-state index in [1.807, 2.05) is 0 Å². The summed E-state index contributed by atoms with van der Waals surface area (Å²) in [6, 6.07) is 1.54.